The van der Waals surface area contributed by atoms with E-state index in [1.54, 1.807) is 43.5 Å². The number of hydrogen-bond acceptors (Lipinski definition) is 4. The quantitative estimate of drug-likeness (QED) is 0.792. The van der Waals surface area contributed by atoms with Crippen LogP contribution in [0.2, 0.25) is 5.02 Å². The van der Waals surface area contributed by atoms with Crippen LogP contribution in [0.4, 0.5) is 0 Å². The maximum Gasteiger partial charge on any atom is 0.253 e. The van der Waals surface area contributed by atoms with Crippen LogP contribution in [0.1, 0.15) is 29.1 Å². The van der Waals surface area contributed by atoms with Crippen LogP contribution in [0.25, 0.3) is 0 Å². The minimum absolute atomic E-state index is 0.0922. The molecule has 1 heterocycles. The Bertz CT molecular complexity index is 716. The third kappa shape index (κ3) is 5.08. The summed E-state index contributed by atoms with van der Waals surface area (Å²) in [6.07, 6.45) is 1.60. The van der Waals surface area contributed by atoms with Crippen LogP contribution >= 0.6 is 11.6 Å². The molecule has 2 unspecified atom stereocenters. The van der Waals surface area contributed by atoms with E-state index in [9.17, 15) is 9.59 Å². The van der Waals surface area contributed by atoms with E-state index in [2.05, 4.69) is 10.6 Å². The zero-order valence-corrected chi connectivity index (χ0v) is 15.2. The Morgan fingerprint density at radius 3 is 2.52 bits per heavy atom. The van der Waals surface area contributed by atoms with E-state index in [0.29, 0.717) is 17.1 Å². The van der Waals surface area contributed by atoms with Crippen molar-refractivity contribution >= 4 is 23.4 Å². The van der Waals surface area contributed by atoms with E-state index in [1.165, 1.54) is 0 Å². The molecule has 0 fully saturated rings. The number of carbonyl (C=O) groups excluding carboxylic acids is 2. The summed E-state index contributed by atoms with van der Waals surface area (Å²) in [5.41, 5.74) is 0.338. The summed E-state index contributed by atoms with van der Waals surface area (Å²) in [6, 6.07) is 9.59. The molecule has 0 aliphatic rings. The molecule has 2 N–H and O–H groups in total. The Kier molecular flexibility index (Phi) is 6.61. The molecule has 0 radical (unpaired) electrons. The second-order valence-electron chi connectivity index (χ2n) is 5.91. The van der Waals surface area contributed by atoms with Gasteiger partial charge in [0.1, 0.15) is 11.8 Å². The Labute approximate surface area is 152 Å². The van der Waals surface area contributed by atoms with E-state index >= 15 is 0 Å². The topological polar surface area (TPSA) is 74.6 Å². The van der Waals surface area contributed by atoms with Gasteiger partial charge >= 0.3 is 0 Å². The van der Waals surface area contributed by atoms with Crippen molar-refractivity contribution in [1.29, 1.82) is 0 Å². The number of carbonyl (C=O) groups is 2. The minimum Gasteiger partial charge on any atom is -0.468 e. The van der Waals surface area contributed by atoms with Crippen molar-refractivity contribution in [2.24, 2.45) is 0 Å². The first-order valence-electron chi connectivity index (χ1n) is 7.93. The van der Waals surface area contributed by atoms with Gasteiger partial charge < -0.3 is 15.1 Å². The molecule has 7 heteroatoms. The van der Waals surface area contributed by atoms with Gasteiger partial charge in [-0.2, -0.15) is 0 Å². The van der Waals surface area contributed by atoms with Gasteiger partial charge in [0.25, 0.3) is 5.91 Å². The predicted molar refractivity (Wildman–Crippen MR) is 96.5 cm³/mol. The molecule has 6 nitrogen and oxygen atoms in total. The Morgan fingerprint density at radius 1 is 1.20 bits per heavy atom. The Hall–Kier alpha value is -2.31. The summed E-state index contributed by atoms with van der Waals surface area (Å²) in [7, 11) is 3.81. The second kappa shape index (κ2) is 8.69. The molecule has 0 aliphatic carbocycles. The normalized spacial score (nSPS) is 13.3. The van der Waals surface area contributed by atoms with Crippen LogP contribution in [0, 0.1) is 0 Å². The lowest BCUT2D eigenvalue weighted by Crippen LogP contribution is -2.46. The fraction of sp³-hybridized carbons (Fsp3) is 0.333. The van der Waals surface area contributed by atoms with Gasteiger partial charge in [0.05, 0.1) is 22.9 Å². The van der Waals surface area contributed by atoms with Gasteiger partial charge in [-0.15, -0.1) is 0 Å². The molecule has 25 heavy (non-hydrogen) atoms. The largest absolute Gasteiger partial charge is 0.468 e. The number of nitrogens with zero attached hydrogens (tertiary/aromatic N) is 1. The molecule has 1 aromatic heterocycles. The summed E-state index contributed by atoms with van der Waals surface area (Å²) in [4.78, 5) is 26.4. The molecular formula is C18H22ClN3O3. The molecule has 0 saturated heterocycles. The van der Waals surface area contributed by atoms with Gasteiger partial charge in [0.15, 0.2) is 0 Å². The zero-order chi connectivity index (χ0) is 18.4. The number of furan rings is 1. The van der Waals surface area contributed by atoms with Crippen molar-refractivity contribution < 1.29 is 14.0 Å². The monoisotopic (exact) mass is 363 g/mol. The van der Waals surface area contributed by atoms with Crippen molar-refractivity contribution in [3.8, 4) is 0 Å². The van der Waals surface area contributed by atoms with Gasteiger partial charge in [0, 0.05) is 6.54 Å². The molecule has 2 amide bonds. The minimum atomic E-state index is -0.691. The lowest BCUT2D eigenvalue weighted by atomic mass is 10.2. The third-order valence-electron chi connectivity index (χ3n) is 3.82. The first-order valence-corrected chi connectivity index (χ1v) is 8.31. The van der Waals surface area contributed by atoms with Gasteiger partial charge in [-0.05, 0) is 45.3 Å². The number of hydrogen-bond donors (Lipinski definition) is 2. The van der Waals surface area contributed by atoms with Crippen LogP contribution in [0.15, 0.2) is 47.1 Å². The summed E-state index contributed by atoms with van der Waals surface area (Å²) >= 11 is 6.00. The van der Waals surface area contributed by atoms with Crippen LogP contribution < -0.4 is 10.6 Å². The lowest BCUT2D eigenvalue weighted by molar-refractivity contribution is -0.122. The Morgan fingerprint density at radius 2 is 1.92 bits per heavy atom. The van der Waals surface area contributed by atoms with Gasteiger partial charge in [-0.3, -0.25) is 14.5 Å². The van der Waals surface area contributed by atoms with E-state index in [-0.39, 0.29) is 17.9 Å². The van der Waals surface area contributed by atoms with Gasteiger partial charge in [-0.1, -0.05) is 23.7 Å². The first-order chi connectivity index (χ1) is 11.9. The number of nitrogens with one attached hydrogen (secondary N) is 2. The first kappa shape index (κ1) is 19.0. The summed E-state index contributed by atoms with van der Waals surface area (Å²) in [6.45, 7) is 1.99. The fourth-order valence-electron chi connectivity index (χ4n) is 2.35. The Balaban J connectivity index is 1.91. The summed E-state index contributed by atoms with van der Waals surface area (Å²) in [5.74, 6) is 0.0975. The van der Waals surface area contributed by atoms with Crippen molar-refractivity contribution in [1.82, 2.24) is 15.5 Å². The SMILES string of the molecule is CC(NC(=O)c1ccccc1Cl)C(=O)NCC(c1ccco1)N(C)C. The molecule has 2 rings (SSSR count). The van der Waals surface area contributed by atoms with Gasteiger partial charge in [0.2, 0.25) is 5.91 Å². The molecule has 2 atom stereocenters. The van der Waals surface area contributed by atoms with Crippen molar-refractivity contribution in [3.05, 3.63) is 59.0 Å². The lowest BCUT2D eigenvalue weighted by Gasteiger charge is -2.23. The van der Waals surface area contributed by atoms with Gasteiger partial charge in [-0.25, -0.2) is 0 Å². The molecule has 0 saturated carbocycles. The predicted octanol–water partition coefficient (Wildman–Crippen LogP) is 2.47. The van der Waals surface area contributed by atoms with E-state index < -0.39 is 6.04 Å². The highest BCUT2D eigenvalue weighted by atomic mass is 35.5. The number of amides is 2. The zero-order valence-electron chi connectivity index (χ0n) is 14.5. The highest BCUT2D eigenvalue weighted by Crippen LogP contribution is 2.17. The molecule has 2 aromatic rings. The van der Waals surface area contributed by atoms with Crippen LogP contribution in [0.3, 0.4) is 0 Å². The maximum atomic E-state index is 12.3. The third-order valence-corrected chi connectivity index (χ3v) is 4.15. The van der Waals surface area contributed by atoms with E-state index in [0.717, 1.165) is 5.76 Å². The molecule has 0 aliphatic heterocycles. The van der Waals surface area contributed by atoms with Crippen molar-refractivity contribution in [2.75, 3.05) is 20.6 Å². The van der Waals surface area contributed by atoms with Crippen molar-refractivity contribution in [3.63, 3.8) is 0 Å². The number of halogens is 1. The van der Waals surface area contributed by atoms with Crippen LogP contribution in [-0.4, -0.2) is 43.4 Å². The standard InChI is InChI=1S/C18H22ClN3O3/c1-12(21-18(24)13-7-4-5-8-14(13)19)17(23)20-11-15(22(2)3)16-9-6-10-25-16/h4-10,12,15H,11H2,1-3H3,(H,20,23)(H,21,24). The number of likely N-dealkylation sites (N-methyl/N-ethyl adjacent to an activating group) is 1. The number of rotatable bonds is 7. The second-order valence-corrected chi connectivity index (χ2v) is 6.32. The van der Waals surface area contributed by atoms with E-state index in [4.69, 9.17) is 16.0 Å². The molecule has 0 bridgehead atoms. The van der Waals surface area contributed by atoms with E-state index in [1.807, 2.05) is 25.1 Å². The molecule has 0 spiro atoms. The average molecular weight is 364 g/mol. The summed E-state index contributed by atoms with van der Waals surface area (Å²) < 4.78 is 5.41. The summed E-state index contributed by atoms with van der Waals surface area (Å²) in [5, 5.41) is 5.83. The molecule has 1 aromatic carbocycles. The van der Waals surface area contributed by atoms with Crippen molar-refractivity contribution in [2.45, 2.75) is 19.0 Å². The smallest absolute Gasteiger partial charge is 0.253 e. The van der Waals surface area contributed by atoms with Crippen LogP contribution in [0.5, 0.6) is 0 Å². The maximum absolute atomic E-state index is 12.3. The molecule has 134 valence electrons. The molecular weight excluding hydrogens is 342 g/mol. The number of benzene rings is 1. The fourth-order valence-corrected chi connectivity index (χ4v) is 2.58. The van der Waals surface area contributed by atoms with Crippen LogP contribution in [-0.2, 0) is 4.79 Å². The highest BCUT2D eigenvalue weighted by Gasteiger charge is 2.21. The highest BCUT2D eigenvalue weighted by molar-refractivity contribution is 6.33. The average Bonchev–Trinajstić information content (AvgIpc) is 3.09.